The van der Waals surface area contributed by atoms with E-state index in [9.17, 15) is 29.9 Å². The Hall–Kier alpha value is -4.97. The number of carbonyl (C=O) groups is 2. The summed E-state index contributed by atoms with van der Waals surface area (Å²) in [5.74, 6) is -2.90. The summed E-state index contributed by atoms with van der Waals surface area (Å²) in [5, 5.41) is 42.3. The van der Waals surface area contributed by atoms with E-state index in [-0.39, 0.29) is 22.2 Å². The maximum Gasteiger partial charge on any atom is 0.311 e. The van der Waals surface area contributed by atoms with Gasteiger partial charge in [-0.05, 0) is 65.4 Å². The highest BCUT2D eigenvalue weighted by Crippen LogP contribution is 2.44. The molecule has 0 bridgehead atoms. The van der Waals surface area contributed by atoms with Gasteiger partial charge in [-0.3, -0.25) is 24.6 Å². The van der Waals surface area contributed by atoms with E-state index >= 15 is 0 Å². The third kappa shape index (κ3) is 4.48. The predicted molar refractivity (Wildman–Crippen MR) is 141 cm³/mol. The largest absolute Gasteiger partial charge is 0.507 e. The molecule has 1 saturated heterocycles. The van der Waals surface area contributed by atoms with Crippen LogP contribution in [0.1, 0.15) is 54.6 Å². The summed E-state index contributed by atoms with van der Waals surface area (Å²) in [7, 11) is 0. The smallest absolute Gasteiger partial charge is 0.311 e. The van der Waals surface area contributed by atoms with Crippen molar-refractivity contribution < 1.29 is 24.7 Å². The molecule has 1 amide bonds. The van der Waals surface area contributed by atoms with Crippen LogP contribution in [0.15, 0.2) is 66.2 Å². The monoisotopic (exact) mass is 511 g/mol. The van der Waals surface area contributed by atoms with Gasteiger partial charge in [0.2, 0.25) is 0 Å². The van der Waals surface area contributed by atoms with E-state index in [1.807, 2.05) is 39.0 Å². The summed E-state index contributed by atoms with van der Waals surface area (Å²) in [6, 6.07) is 15.7. The van der Waals surface area contributed by atoms with Crippen LogP contribution in [0.5, 0.6) is 5.75 Å². The van der Waals surface area contributed by atoms with Crippen LogP contribution in [-0.4, -0.2) is 26.8 Å². The Balaban J connectivity index is 2.02. The first-order valence-corrected chi connectivity index (χ1v) is 11.7. The number of hydrogen-bond acceptors (Lipinski definition) is 7. The maximum absolute atomic E-state index is 13.4. The average Bonchev–Trinajstić information content (AvgIpc) is 3.13. The van der Waals surface area contributed by atoms with Crippen molar-refractivity contribution in [1.29, 1.82) is 5.26 Å². The van der Waals surface area contributed by atoms with Crippen molar-refractivity contribution in [3.05, 3.63) is 104 Å². The second-order valence-corrected chi connectivity index (χ2v) is 10.1. The molecule has 0 spiro atoms. The molecule has 1 fully saturated rings. The number of phenols is 1. The minimum Gasteiger partial charge on any atom is -0.507 e. The number of nitro benzene ring substituents is 1. The van der Waals surface area contributed by atoms with Crippen LogP contribution < -0.4 is 4.90 Å². The summed E-state index contributed by atoms with van der Waals surface area (Å²) < 4.78 is 0. The molecule has 1 aliphatic heterocycles. The van der Waals surface area contributed by atoms with Crippen molar-refractivity contribution in [3.63, 3.8) is 0 Å². The van der Waals surface area contributed by atoms with Gasteiger partial charge in [-0.25, -0.2) is 0 Å². The zero-order valence-corrected chi connectivity index (χ0v) is 21.2. The second-order valence-electron chi connectivity index (χ2n) is 10.1. The first-order chi connectivity index (χ1) is 17.8. The van der Waals surface area contributed by atoms with Gasteiger partial charge in [-0.2, -0.15) is 5.26 Å². The number of nitro groups is 1. The minimum absolute atomic E-state index is 0.143. The lowest BCUT2D eigenvalue weighted by Gasteiger charge is -2.26. The number of nitrogens with zero attached hydrogens (tertiary/aromatic N) is 3. The Bertz CT molecular complexity index is 1560. The zero-order valence-electron chi connectivity index (χ0n) is 21.2. The number of amides is 1. The number of aliphatic hydroxyl groups is 1. The Morgan fingerprint density at radius 3 is 2.29 bits per heavy atom. The van der Waals surface area contributed by atoms with Gasteiger partial charge in [0.15, 0.2) is 5.75 Å². The van der Waals surface area contributed by atoms with E-state index in [1.165, 1.54) is 30.3 Å². The number of phenolic OH excluding ortho intramolecular Hbond substituents is 1. The lowest BCUT2D eigenvalue weighted by Crippen LogP contribution is -2.29. The topological polar surface area (TPSA) is 145 Å². The van der Waals surface area contributed by atoms with Gasteiger partial charge in [-0.1, -0.05) is 39.0 Å². The molecule has 2 N–H and O–H groups in total. The number of ketones is 1. The summed E-state index contributed by atoms with van der Waals surface area (Å²) in [4.78, 5) is 38.7. The number of carbonyl (C=O) groups excluding carboxylic acids is 2. The predicted octanol–water partition coefficient (Wildman–Crippen LogP) is 5.40. The van der Waals surface area contributed by atoms with Gasteiger partial charge in [0.25, 0.3) is 11.7 Å². The van der Waals surface area contributed by atoms with Crippen molar-refractivity contribution in [2.24, 2.45) is 0 Å². The highest BCUT2D eigenvalue weighted by atomic mass is 16.6. The number of Topliss-reactive ketones (excluding diaryl/α,β-unsaturated/α-hetero) is 1. The number of rotatable bonds is 4. The number of aromatic hydroxyl groups is 1. The van der Waals surface area contributed by atoms with Gasteiger partial charge in [-0.15, -0.1) is 0 Å². The maximum atomic E-state index is 13.4. The molecule has 0 radical (unpaired) electrons. The van der Waals surface area contributed by atoms with E-state index in [0.29, 0.717) is 16.7 Å². The second kappa shape index (κ2) is 9.48. The number of benzene rings is 3. The van der Waals surface area contributed by atoms with E-state index < -0.39 is 39.9 Å². The molecule has 0 aromatic heterocycles. The fraction of sp³-hybridized carbons (Fsp3) is 0.207. The molecule has 1 atom stereocenters. The molecular weight excluding hydrogens is 486 g/mol. The fourth-order valence-corrected chi connectivity index (χ4v) is 4.46. The van der Waals surface area contributed by atoms with Gasteiger partial charge in [0.05, 0.1) is 28.2 Å². The molecule has 4 rings (SSSR count). The lowest BCUT2D eigenvalue weighted by molar-refractivity contribution is -0.385. The van der Waals surface area contributed by atoms with Gasteiger partial charge >= 0.3 is 5.69 Å². The summed E-state index contributed by atoms with van der Waals surface area (Å²) in [6.07, 6.45) is 0. The van der Waals surface area contributed by atoms with Crippen LogP contribution in [0.25, 0.3) is 5.76 Å². The van der Waals surface area contributed by atoms with Crippen molar-refractivity contribution >= 4 is 28.8 Å². The van der Waals surface area contributed by atoms with Crippen LogP contribution >= 0.6 is 0 Å². The molecule has 3 aromatic carbocycles. The van der Waals surface area contributed by atoms with E-state index in [2.05, 4.69) is 0 Å². The SMILES string of the molecule is Cc1ccc(C(C)(C)C)cc1/C(O)=C1\C(=O)C(=O)N(c2ccc(C#N)cc2)C1c1ccc(O)c([N+](=O)[O-])c1. The van der Waals surface area contributed by atoms with E-state index in [1.54, 1.807) is 13.0 Å². The summed E-state index contributed by atoms with van der Waals surface area (Å²) in [5.41, 5.74) is 1.51. The molecule has 0 saturated carbocycles. The van der Waals surface area contributed by atoms with Crippen molar-refractivity contribution in [3.8, 4) is 11.8 Å². The van der Waals surface area contributed by atoms with Gasteiger partial charge in [0.1, 0.15) is 5.76 Å². The fourth-order valence-electron chi connectivity index (χ4n) is 4.46. The molecule has 9 heteroatoms. The molecule has 1 aliphatic rings. The van der Waals surface area contributed by atoms with Crippen LogP contribution in [0.4, 0.5) is 11.4 Å². The van der Waals surface area contributed by atoms with E-state index in [4.69, 9.17) is 5.26 Å². The highest BCUT2D eigenvalue weighted by Gasteiger charge is 2.47. The number of aryl methyl sites for hydroxylation is 1. The Kier molecular flexibility index (Phi) is 6.51. The van der Waals surface area contributed by atoms with Gasteiger partial charge < -0.3 is 10.2 Å². The third-order valence-electron chi connectivity index (χ3n) is 6.59. The highest BCUT2D eigenvalue weighted by molar-refractivity contribution is 6.51. The number of nitriles is 1. The molecule has 38 heavy (non-hydrogen) atoms. The molecule has 0 aliphatic carbocycles. The lowest BCUT2D eigenvalue weighted by atomic mass is 9.84. The summed E-state index contributed by atoms with van der Waals surface area (Å²) in [6.45, 7) is 7.77. The van der Waals surface area contributed by atoms with Crippen molar-refractivity contribution in [2.45, 2.75) is 39.2 Å². The normalized spacial score (nSPS) is 16.9. The molecule has 3 aromatic rings. The van der Waals surface area contributed by atoms with Crippen molar-refractivity contribution in [1.82, 2.24) is 0 Å². The van der Waals surface area contributed by atoms with E-state index in [0.717, 1.165) is 22.6 Å². The first kappa shape index (κ1) is 26.1. The molecule has 1 unspecified atom stereocenters. The quantitative estimate of drug-likeness (QED) is 0.157. The van der Waals surface area contributed by atoms with Crippen LogP contribution in [0.2, 0.25) is 0 Å². The van der Waals surface area contributed by atoms with Crippen molar-refractivity contribution in [2.75, 3.05) is 4.90 Å². The summed E-state index contributed by atoms with van der Waals surface area (Å²) >= 11 is 0. The number of anilines is 1. The minimum atomic E-state index is -1.24. The van der Waals surface area contributed by atoms with Gasteiger partial charge in [0, 0.05) is 17.3 Å². The Morgan fingerprint density at radius 1 is 1.05 bits per heavy atom. The average molecular weight is 512 g/mol. The third-order valence-corrected chi connectivity index (χ3v) is 6.59. The first-order valence-electron chi connectivity index (χ1n) is 11.7. The van der Waals surface area contributed by atoms with Crippen LogP contribution in [-0.2, 0) is 15.0 Å². The molecule has 9 nitrogen and oxygen atoms in total. The Morgan fingerprint density at radius 2 is 1.71 bits per heavy atom. The molecule has 192 valence electrons. The standard InChI is InChI=1S/C29H25N3O6/c1-16-5-9-19(29(2,3)4)14-21(16)26(34)24-25(18-8-12-23(33)22(13-18)32(37)38)31(28(36)27(24)35)20-10-6-17(15-30)7-11-20/h5-14,25,33-34H,1-4H3/b26-24+. The van der Waals surface area contributed by atoms with Crippen LogP contribution in [0, 0.1) is 28.4 Å². The number of aliphatic hydroxyl groups excluding tert-OH is 1. The molecule has 1 heterocycles. The van der Waals surface area contributed by atoms with Crippen LogP contribution in [0.3, 0.4) is 0 Å². The zero-order chi connectivity index (χ0) is 27.9. The number of hydrogen-bond donors (Lipinski definition) is 2. The Labute approximate surface area is 219 Å². The molecular formula is C29H25N3O6.